The maximum absolute atomic E-state index is 13.0. The highest BCUT2D eigenvalue weighted by molar-refractivity contribution is 7.94. The van der Waals surface area contributed by atoms with Crippen LogP contribution >= 0.6 is 0 Å². The van der Waals surface area contributed by atoms with Gasteiger partial charge in [0.1, 0.15) is 11.5 Å². The number of hydrogen-bond acceptors (Lipinski definition) is 5. The number of anilines is 2. The standard InChI is InChI=1S/C22H16F3N3O4S/c1-27-21-10-15(19-11-17(29)6-4-16(19)12-26)5-9-20(21)28(33(27,30)31)13-14-2-7-18(8-3-14)32-22(23,24)25/h2-11,29H,13H2,1H3. The summed E-state index contributed by atoms with van der Waals surface area (Å²) in [6.45, 7) is -0.110. The van der Waals surface area contributed by atoms with Gasteiger partial charge in [0.2, 0.25) is 0 Å². The molecule has 1 N–H and O–H groups in total. The fourth-order valence-electron chi connectivity index (χ4n) is 3.55. The first kappa shape index (κ1) is 22.3. The maximum atomic E-state index is 13.0. The summed E-state index contributed by atoms with van der Waals surface area (Å²) in [5.74, 6) is -0.442. The predicted molar refractivity (Wildman–Crippen MR) is 115 cm³/mol. The number of aromatic hydroxyl groups is 1. The predicted octanol–water partition coefficient (Wildman–Crippen LogP) is 4.53. The van der Waals surface area contributed by atoms with Crippen LogP contribution in [0.2, 0.25) is 0 Å². The van der Waals surface area contributed by atoms with E-state index in [1.54, 1.807) is 18.2 Å². The molecule has 0 fully saturated rings. The van der Waals surface area contributed by atoms with Crippen LogP contribution in [0.4, 0.5) is 24.5 Å². The summed E-state index contributed by atoms with van der Waals surface area (Å²) >= 11 is 0. The number of nitriles is 1. The van der Waals surface area contributed by atoms with Crippen molar-refractivity contribution in [1.29, 1.82) is 5.26 Å². The highest BCUT2D eigenvalue weighted by Crippen LogP contribution is 2.43. The molecule has 7 nitrogen and oxygen atoms in total. The summed E-state index contributed by atoms with van der Waals surface area (Å²) in [5, 5.41) is 19.2. The first-order valence-corrected chi connectivity index (χ1v) is 10.9. The van der Waals surface area contributed by atoms with Gasteiger partial charge in [-0.3, -0.25) is 4.31 Å². The Morgan fingerprint density at radius 2 is 1.73 bits per heavy atom. The van der Waals surface area contributed by atoms with Crippen molar-refractivity contribution >= 4 is 21.6 Å². The van der Waals surface area contributed by atoms with Crippen molar-refractivity contribution in [3.05, 3.63) is 71.8 Å². The number of phenolic OH excluding ortho intramolecular Hbond substituents is 1. The summed E-state index contributed by atoms with van der Waals surface area (Å²) < 4.78 is 69.2. The average molecular weight is 475 g/mol. The molecule has 0 aliphatic carbocycles. The van der Waals surface area contributed by atoms with E-state index in [-0.39, 0.29) is 12.3 Å². The molecule has 4 rings (SSSR count). The van der Waals surface area contributed by atoms with Gasteiger partial charge in [0.15, 0.2) is 0 Å². The Balaban J connectivity index is 1.68. The minimum Gasteiger partial charge on any atom is -0.508 e. The molecule has 0 aromatic heterocycles. The number of fused-ring (bicyclic) bond motifs is 1. The highest BCUT2D eigenvalue weighted by Gasteiger charge is 2.38. The van der Waals surface area contributed by atoms with E-state index in [0.29, 0.717) is 33.6 Å². The number of nitrogens with zero attached hydrogens (tertiary/aromatic N) is 3. The molecule has 1 aliphatic heterocycles. The SMILES string of the molecule is CN1c2cc(-c3cc(O)ccc3C#N)ccc2N(Cc2ccc(OC(F)(F)F)cc2)S1(=O)=O. The van der Waals surface area contributed by atoms with Crippen LogP contribution in [0, 0.1) is 11.3 Å². The maximum Gasteiger partial charge on any atom is 0.573 e. The van der Waals surface area contributed by atoms with Gasteiger partial charge in [-0.25, -0.2) is 4.31 Å². The van der Waals surface area contributed by atoms with Crippen LogP contribution in [0.25, 0.3) is 11.1 Å². The number of phenols is 1. The molecule has 170 valence electrons. The van der Waals surface area contributed by atoms with Gasteiger partial charge < -0.3 is 9.84 Å². The third-order valence-electron chi connectivity index (χ3n) is 5.13. The summed E-state index contributed by atoms with van der Waals surface area (Å²) in [7, 11) is -2.56. The molecule has 1 aliphatic rings. The molecule has 3 aromatic rings. The first-order chi connectivity index (χ1) is 15.5. The van der Waals surface area contributed by atoms with Gasteiger partial charge >= 0.3 is 16.6 Å². The summed E-state index contributed by atoms with van der Waals surface area (Å²) in [4.78, 5) is 0. The Morgan fingerprint density at radius 3 is 2.36 bits per heavy atom. The normalized spacial score (nSPS) is 14.6. The van der Waals surface area contributed by atoms with Crippen LogP contribution < -0.4 is 13.3 Å². The van der Waals surface area contributed by atoms with E-state index >= 15 is 0 Å². The molecule has 3 aromatic carbocycles. The lowest BCUT2D eigenvalue weighted by atomic mass is 9.99. The zero-order chi connectivity index (χ0) is 24.0. The van der Waals surface area contributed by atoms with E-state index in [9.17, 15) is 32.0 Å². The van der Waals surface area contributed by atoms with Crippen LogP contribution in [-0.2, 0) is 16.8 Å². The van der Waals surface area contributed by atoms with Gasteiger partial charge in [0.25, 0.3) is 0 Å². The molecular weight excluding hydrogens is 459 g/mol. The minimum absolute atomic E-state index is 0.0370. The second kappa shape index (κ2) is 7.90. The largest absolute Gasteiger partial charge is 0.573 e. The smallest absolute Gasteiger partial charge is 0.508 e. The van der Waals surface area contributed by atoms with Crippen LogP contribution in [-0.4, -0.2) is 26.9 Å². The molecule has 0 bridgehead atoms. The van der Waals surface area contributed by atoms with Crippen molar-refractivity contribution in [2.45, 2.75) is 12.9 Å². The molecule has 33 heavy (non-hydrogen) atoms. The van der Waals surface area contributed by atoms with Crippen LogP contribution in [0.1, 0.15) is 11.1 Å². The van der Waals surface area contributed by atoms with Crippen molar-refractivity contribution in [2.24, 2.45) is 0 Å². The summed E-state index contributed by atoms with van der Waals surface area (Å²) in [5.41, 5.74) is 2.49. The molecular formula is C22H16F3N3O4S. The van der Waals surface area contributed by atoms with Gasteiger partial charge in [0, 0.05) is 12.6 Å². The molecule has 11 heteroatoms. The van der Waals surface area contributed by atoms with E-state index in [1.165, 1.54) is 37.4 Å². The van der Waals surface area contributed by atoms with Crippen molar-refractivity contribution in [2.75, 3.05) is 15.7 Å². The minimum atomic E-state index is -4.82. The number of ether oxygens (including phenoxy) is 1. The number of benzene rings is 3. The molecule has 0 saturated heterocycles. The van der Waals surface area contributed by atoms with Crippen LogP contribution in [0.15, 0.2) is 60.7 Å². The van der Waals surface area contributed by atoms with E-state index in [0.717, 1.165) is 20.7 Å². The van der Waals surface area contributed by atoms with Crippen LogP contribution in [0.5, 0.6) is 11.5 Å². The van der Waals surface area contributed by atoms with Crippen molar-refractivity contribution in [3.63, 3.8) is 0 Å². The lowest BCUT2D eigenvalue weighted by Crippen LogP contribution is -2.35. The highest BCUT2D eigenvalue weighted by atomic mass is 32.2. The molecule has 0 radical (unpaired) electrons. The molecule has 0 atom stereocenters. The van der Waals surface area contributed by atoms with Gasteiger partial charge in [-0.1, -0.05) is 18.2 Å². The number of halogens is 3. The third kappa shape index (κ3) is 4.25. The first-order valence-electron chi connectivity index (χ1n) is 9.48. The van der Waals surface area contributed by atoms with Gasteiger partial charge in [-0.05, 0) is 53.6 Å². The van der Waals surface area contributed by atoms with E-state index in [1.807, 2.05) is 6.07 Å². The topological polar surface area (TPSA) is 93.9 Å². The second-order valence-electron chi connectivity index (χ2n) is 7.22. The number of hydrogen-bond donors (Lipinski definition) is 1. The molecule has 0 saturated carbocycles. The lowest BCUT2D eigenvalue weighted by Gasteiger charge is -2.19. The Labute approximate surface area is 187 Å². The number of rotatable bonds is 4. The van der Waals surface area contributed by atoms with Crippen molar-refractivity contribution < 1.29 is 31.4 Å². The number of alkyl halides is 3. The van der Waals surface area contributed by atoms with Gasteiger partial charge in [-0.2, -0.15) is 13.7 Å². The zero-order valence-electron chi connectivity index (χ0n) is 17.0. The molecule has 0 spiro atoms. The summed E-state index contributed by atoms with van der Waals surface area (Å²) in [6, 6.07) is 16.1. The fraction of sp³-hybridized carbons (Fsp3) is 0.136. The quantitative estimate of drug-likeness (QED) is 0.599. The van der Waals surface area contributed by atoms with Crippen molar-refractivity contribution in [1.82, 2.24) is 0 Å². The van der Waals surface area contributed by atoms with Crippen molar-refractivity contribution in [3.8, 4) is 28.7 Å². The molecule has 1 heterocycles. The Bertz CT molecular complexity index is 1370. The lowest BCUT2D eigenvalue weighted by molar-refractivity contribution is -0.274. The van der Waals surface area contributed by atoms with Gasteiger partial charge in [0.05, 0.1) is 29.6 Å². The van der Waals surface area contributed by atoms with E-state index in [4.69, 9.17) is 0 Å². The Kier molecular flexibility index (Phi) is 5.33. The monoisotopic (exact) mass is 475 g/mol. The van der Waals surface area contributed by atoms with Gasteiger partial charge in [-0.15, -0.1) is 13.2 Å². The molecule has 0 amide bonds. The van der Waals surface area contributed by atoms with Crippen LogP contribution in [0.3, 0.4) is 0 Å². The average Bonchev–Trinajstić information content (AvgIpc) is 2.94. The Morgan fingerprint density at radius 1 is 1.03 bits per heavy atom. The summed E-state index contributed by atoms with van der Waals surface area (Å²) in [6.07, 6.45) is -4.82. The Hall–Kier alpha value is -3.91. The zero-order valence-corrected chi connectivity index (χ0v) is 17.9. The second-order valence-corrected chi connectivity index (χ2v) is 9.10. The third-order valence-corrected chi connectivity index (χ3v) is 6.90. The molecule has 0 unspecified atom stereocenters. The van der Waals surface area contributed by atoms with E-state index < -0.39 is 22.3 Å². The van der Waals surface area contributed by atoms with E-state index in [2.05, 4.69) is 4.74 Å². The fourth-order valence-corrected chi connectivity index (χ4v) is 4.95.